The SMILES string of the molecule is O=C(NCc1cccc(CN2CCCC2)c1)NC1CCN(Cc2ccccc2)CC1. The highest BCUT2D eigenvalue weighted by molar-refractivity contribution is 5.74. The summed E-state index contributed by atoms with van der Waals surface area (Å²) in [6.07, 6.45) is 4.64. The molecule has 0 unspecified atom stereocenters. The molecule has 2 saturated heterocycles. The smallest absolute Gasteiger partial charge is 0.315 e. The predicted molar refractivity (Wildman–Crippen MR) is 121 cm³/mol. The van der Waals surface area contributed by atoms with Gasteiger partial charge in [-0.3, -0.25) is 9.80 Å². The lowest BCUT2D eigenvalue weighted by atomic mass is 10.0. The van der Waals surface area contributed by atoms with E-state index in [9.17, 15) is 4.79 Å². The van der Waals surface area contributed by atoms with Gasteiger partial charge in [-0.1, -0.05) is 54.6 Å². The maximum Gasteiger partial charge on any atom is 0.315 e. The van der Waals surface area contributed by atoms with Crippen LogP contribution in [0.15, 0.2) is 54.6 Å². The summed E-state index contributed by atoms with van der Waals surface area (Å²) in [6.45, 7) is 7.04. The summed E-state index contributed by atoms with van der Waals surface area (Å²) in [5, 5.41) is 6.20. The highest BCUT2D eigenvalue weighted by Crippen LogP contribution is 2.15. The Kier molecular flexibility index (Phi) is 7.38. The van der Waals surface area contributed by atoms with Gasteiger partial charge >= 0.3 is 6.03 Å². The Hall–Kier alpha value is -2.37. The first-order chi connectivity index (χ1) is 14.7. The van der Waals surface area contributed by atoms with Crippen molar-refractivity contribution in [2.75, 3.05) is 26.2 Å². The predicted octanol–water partition coefficient (Wildman–Crippen LogP) is 3.75. The lowest BCUT2D eigenvalue weighted by Crippen LogP contribution is -2.47. The van der Waals surface area contributed by atoms with Crippen LogP contribution in [0.1, 0.15) is 42.4 Å². The number of rotatable bonds is 7. The molecular formula is C25H34N4O. The monoisotopic (exact) mass is 406 g/mol. The fourth-order valence-corrected chi connectivity index (χ4v) is 4.53. The summed E-state index contributed by atoms with van der Waals surface area (Å²) < 4.78 is 0. The molecule has 5 nitrogen and oxygen atoms in total. The van der Waals surface area contributed by atoms with E-state index in [-0.39, 0.29) is 12.1 Å². The number of carbonyl (C=O) groups excluding carboxylic acids is 1. The fourth-order valence-electron chi connectivity index (χ4n) is 4.53. The van der Waals surface area contributed by atoms with Gasteiger partial charge in [0, 0.05) is 38.8 Å². The van der Waals surface area contributed by atoms with E-state index in [2.05, 4.69) is 75.0 Å². The van der Waals surface area contributed by atoms with Crippen LogP contribution in [0, 0.1) is 0 Å². The summed E-state index contributed by atoms with van der Waals surface area (Å²) in [5.41, 5.74) is 3.86. The Morgan fingerprint density at radius 3 is 2.20 bits per heavy atom. The van der Waals surface area contributed by atoms with Crippen LogP contribution in [0.25, 0.3) is 0 Å². The molecule has 2 N–H and O–H groups in total. The number of piperidine rings is 1. The number of urea groups is 1. The number of carbonyl (C=O) groups is 1. The van der Waals surface area contributed by atoms with Gasteiger partial charge in [-0.2, -0.15) is 0 Å². The lowest BCUT2D eigenvalue weighted by Gasteiger charge is -2.32. The molecule has 2 amide bonds. The maximum absolute atomic E-state index is 12.4. The summed E-state index contributed by atoms with van der Waals surface area (Å²) in [6, 6.07) is 19.4. The zero-order valence-corrected chi connectivity index (χ0v) is 17.9. The Morgan fingerprint density at radius 2 is 1.43 bits per heavy atom. The van der Waals surface area contributed by atoms with E-state index < -0.39 is 0 Å². The zero-order valence-electron chi connectivity index (χ0n) is 17.9. The van der Waals surface area contributed by atoms with Crippen LogP contribution in [-0.4, -0.2) is 48.1 Å². The summed E-state index contributed by atoms with van der Waals surface area (Å²) in [7, 11) is 0. The summed E-state index contributed by atoms with van der Waals surface area (Å²) >= 11 is 0. The van der Waals surface area contributed by atoms with Crippen molar-refractivity contribution in [1.82, 2.24) is 20.4 Å². The van der Waals surface area contributed by atoms with Gasteiger partial charge in [-0.05, 0) is 55.5 Å². The van der Waals surface area contributed by atoms with Crippen molar-refractivity contribution >= 4 is 6.03 Å². The third-order valence-electron chi connectivity index (χ3n) is 6.22. The van der Waals surface area contributed by atoms with Gasteiger partial charge in [0.05, 0.1) is 0 Å². The molecule has 5 heteroatoms. The van der Waals surface area contributed by atoms with E-state index in [1.54, 1.807) is 0 Å². The van der Waals surface area contributed by atoms with Crippen molar-refractivity contribution < 1.29 is 4.79 Å². The van der Waals surface area contributed by atoms with Crippen LogP contribution in [0.5, 0.6) is 0 Å². The van der Waals surface area contributed by atoms with Crippen molar-refractivity contribution in [3.63, 3.8) is 0 Å². The Balaban J connectivity index is 1.16. The highest BCUT2D eigenvalue weighted by Gasteiger charge is 2.20. The molecule has 0 aromatic heterocycles. The van der Waals surface area contributed by atoms with Crippen LogP contribution in [0.2, 0.25) is 0 Å². The second-order valence-electron chi connectivity index (χ2n) is 8.67. The number of amides is 2. The number of likely N-dealkylation sites (tertiary alicyclic amines) is 2. The molecule has 2 heterocycles. The van der Waals surface area contributed by atoms with Gasteiger partial charge in [0.1, 0.15) is 0 Å². The van der Waals surface area contributed by atoms with Gasteiger partial charge in [-0.25, -0.2) is 4.79 Å². The van der Waals surface area contributed by atoms with E-state index in [0.29, 0.717) is 6.54 Å². The Morgan fingerprint density at radius 1 is 0.800 bits per heavy atom. The quantitative estimate of drug-likeness (QED) is 0.736. The zero-order chi connectivity index (χ0) is 20.6. The third kappa shape index (κ3) is 6.31. The normalized spacial score (nSPS) is 18.4. The van der Waals surface area contributed by atoms with Crippen molar-refractivity contribution in [2.45, 2.75) is 51.4 Å². The van der Waals surface area contributed by atoms with Gasteiger partial charge in [0.2, 0.25) is 0 Å². The van der Waals surface area contributed by atoms with E-state index in [1.165, 1.54) is 42.6 Å². The molecule has 160 valence electrons. The molecule has 0 atom stereocenters. The number of benzene rings is 2. The van der Waals surface area contributed by atoms with E-state index in [1.807, 2.05) is 0 Å². The topological polar surface area (TPSA) is 47.6 Å². The number of hydrogen-bond acceptors (Lipinski definition) is 3. The van der Waals surface area contributed by atoms with Crippen LogP contribution in [0.4, 0.5) is 4.79 Å². The van der Waals surface area contributed by atoms with Crippen LogP contribution < -0.4 is 10.6 Å². The first-order valence-electron chi connectivity index (χ1n) is 11.4. The van der Waals surface area contributed by atoms with E-state index in [0.717, 1.165) is 39.0 Å². The molecule has 0 spiro atoms. The number of hydrogen-bond donors (Lipinski definition) is 2. The fraction of sp³-hybridized carbons (Fsp3) is 0.480. The molecule has 2 aromatic carbocycles. The van der Waals surface area contributed by atoms with Gasteiger partial charge in [0.15, 0.2) is 0 Å². The van der Waals surface area contributed by atoms with Gasteiger partial charge in [-0.15, -0.1) is 0 Å². The first kappa shape index (κ1) is 20.9. The van der Waals surface area contributed by atoms with Crippen molar-refractivity contribution in [3.05, 3.63) is 71.3 Å². The molecule has 4 rings (SSSR count). The summed E-state index contributed by atoms with van der Waals surface area (Å²) in [4.78, 5) is 17.3. The Labute approximate surface area is 180 Å². The second-order valence-corrected chi connectivity index (χ2v) is 8.67. The largest absolute Gasteiger partial charge is 0.335 e. The van der Waals surface area contributed by atoms with Gasteiger partial charge < -0.3 is 10.6 Å². The van der Waals surface area contributed by atoms with E-state index >= 15 is 0 Å². The minimum atomic E-state index is -0.0542. The minimum absolute atomic E-state index is 0.0542. The second kappa shape index (κ2) is 10.6. The molecule has 0 bridgehead atoms. The third-order valence-corrected chi connectivity index (χ3v) is 6.22. The minimum Gasteiger partial charge on any atom is -0.335 e. The van der Waals surface area contributed by atoms with Crippen LogP contribution in [0.3, 0.4) is 0 Å². The van der Waals surface area contributed by atoms with Crippen molar-refractivity contribution in [1.29, 1.82) is 0 Å². The molecule has 0 radical (unpaired) electrons. The highest BCUT2D eigenvalue weighted by atomic mass is 16.2. The number of nitrogens with zero attached hydrogens (tertiary/aromatic N) is 2. The van der Waals surface area contributed by atoms with E-state index in [4.69, 9.17) is 0 Å². The summed E-state index contributed by atoms with van der Waals surface area (Å²) in [5.74, 6) is 0. The average Bonchev–Trinajstić information content (AvgIpc) is 3.28. The van der Waals surface area contributed by atoms with Gasteiger partial charge in [0.25, 0.3) is 0 Å². The lowest BCUT2D eigenvalue weighted by molar-refractivity contribution is 0.186. The van der Waals surface area contributed by atoms with Crippen molar-refractivity contribution in [2.24, 2.45) is 0 Å². The molecular weight excluding hydrogens is 372 g/mol. The molecule has 2 aromatic rings. The molecule has 2 aliphatic heterocycles. The van der Waals surface area contributed by atoms with Crippen molar-refractivity contribution in [3.8, 4) is 0 Å². The van der Waals surface area contributed by atoms with Crippen LogP contribution >= 0.6 is 0 Å². The average molecular weight is 407 g/mol. The Bertz CT molecular complexity index is 796. The molecule has 2 aliphatic rings. The molecule has 0 aliphatic carbocycles. The first-order valence-corrected chi connectivity index (χ1v) is 11.4. The molecule has 2 fully saturated rings. The van der Waals surface area contributed by atoms with Crippen LogP contribution in [-0.2, 0) is 19.6 Å². The molecule has 30 heavy (non-hydrogen) atoms. The molecule has 0 saturated carbocycles. The standard InChI is InChI=1S/C25H34N4O/c30-25(26-18-22-9-6-10-23(17-22)20-28-13-4-5-14-28)27-24-11-15-29(16-12-24)19-21-7-2-1-3-8-21/h1-3,6-10,17,24H,4-5,11-16,18-20H2,(H2,26,27,30). The maximum atomic E-state index is 12.4. The number of nitrogens with one attached hydrogen (secondary N) is 2.